The molecule has 0 saturated carbocycles. The predicted octanol–water partition coefficient (Wildman–Crippen LogP) is 4.05. The van der Waals surface area contributed by atoms with Crippen LogP contribution in [-0.2, 0) is 36.8 Å². The van der Waals surface area contributed by atoms with E-state index < -0.39 is 35.5 Å². The van der Waals surface area contributed by atoms with Crippen LogP contribution >= 0.6 is 0 Å². The van der Waals surface area contributed by atoms with E-state index in [2.05, 4.69) is 22.9 Å². The average molecular weight is 564 g/mol. The van der Waals surface area contributed by atoms with E-state index in [1.54, 1.807) is 6.92 Å². The van der Waals surface area contributed by atoms with Gasteiger partial charge < -0.3 is 20.7 Å². The Kier molecular flexibility index (Phi) is 12.5. The van der Waals surface area contributed by atoms with Crippen LogP contribution in [0, 0.1) is 0 Å². The van der Waals surface area contributed by atoms with Gasteiger partial charge in [0.1, 0.15) is 17.7 Å². The van der Waals surface area contributed by atoms with E-state index in [9.17, 15) is 19.2 Å². The van der Waals surface area contributed by atoms with Gasteiger partial charge in [0.15, 0.2) is 5.78 Å². The molecule has 2 aromatic rings. The maximum atomic E-state index is 13.6. The number of hydrogen-bond donors (Lipinski definition) is 3. The summed E-state index contributed by atoms with van der Waals surface area (Å²) in [6, 6.07) is 16.5. The van der Waals surface area contributed by atoms with Crippen LogP contribution in [-0.4, -0.2) is 53.8 Å². The highest BCUT2D eigenvalue weighted by molar-refractivity contribution is 5.98. The molecule has 3 N–H and O–H groups in total. The maximum Gasteiger partial charge on any atom is 0.243 e. The molecule has 8 nitrogen and oxygen atoms in total. The second-order valence-electron chi connectivity index (χ2n) is 11.1. The lowest BCUT2D eigenvalue weighted by Crippen LogP contribution is -2.57. The first kappa shape index (κ1) is 32.0. The Morgan fingerprint density at radius 3 is 1.78 bits per heavy atom. The second-order valence-corrected chi connectivity index (χ2v) is 11.1. The van der Waals surface area contributed by atoms with Crippen LogP contribution in [0.15, 0.2) is 60.7 Å². The zero-order chi connectivity index (χ0) is 29.7. The van der Waals surface area contributed by atoms with Crippen molar-refractivity contribution in [3.05, 3.63) is 71.8 Å². The molecule has 0 bridgehead atoms. The number of carbonyl (C=O) groups is 4. The molecule has 2 aromatic carbocycles. The van der Waals surface area contributed by atoms with Crippen LogP contribution in [0.4, 0.5) is 0 Å². The Morgan fingerprint density at radius 2 is 1.24 bits per heavy atom. The van der Waals surface area contributed by atoms with Crippen molar-refractivity contribution in [1.82, 2.24) is 16.0 Å². The fraction of sp³-hybridized carbons (Fsp3) is 0.515. The van der Waals surface area contributed by atoms with Gasteiger partial charge >= 0.3 is 0 Å². The molecular weight excluding hydrogens is 518 g/mol. The SMILES string of the molecule is CCCCCC(=O)NC(Cc1ccccc1)C(=O)NC(CCCC)C(=O)NC(Cc1ccccc1)C(=O)C1(C)CO1. The third-order valence-corrected chi connectivity index (χ3v) is 7.44. The molecule has 3 rings (SSSR count). The van der Waals surface area contributed by atoms with Crippen molar-refractivity contribution in [2.24, 2.45) is 0 Å². The van der Waals surface area contributed by atoms with E-state index in [-0.39, 0.29) is 11.7 Å². The van der Waals surface area contributed by atoms with Gasteiger partial charge in [-0.3, -0.25) is 19.2 Å². The molecule has 222 valence electrons. The minimum Gasteiger partial charge on any atom is -0.361 e. The molecule has 4 unspecified atom stereocenters. The lowest BCUT2D eigenvalue weighted by atomic mass is 9.94. The minimum absolute atomic E-state index is 0.184. The van der Waals surface area contributed by atoms with Crippen molar-refractivity contribution < 1.29 is 23.9 Å². The quantitative estimate of drug-likeness (QED) is 0.187. The highest BCUT2D eigenvalue weighted by Crippen LogP contribution is 2.29. The third kappa shape index (κ3) is 10.4. The number of Topliss-reactive ketones (excluding diaryl/α,β-unsaturated/α-hetero) is 1. The van der Waals surface area contributed by atoms with Crippen LogP contribution in [0.2, 0.25) is 0 Å². The number of unbranched alkanes of at least 4 members (excludes halogenated alkanes) is 3. The number of ether oxygens (including phenoxy) is 1. The van der Waals surface area contributed by atoms with Crippen molar-refractivity contribution in [3.8, 4) is 0 Å². The molecule has 8 heteroatoms. The van der Waals surface area contributed by atoms with Gasteiger partial charge in [0, 0.05) is 12.8 Å². The molecule has 1 aliphatic rings. The van der Waals surface area contributed by atoms with Gasteiger partial charge in [-0.2, -0.15) is 0 Å². The number of hydrogen-bond acceptors (Lipinski definition) is 5. The van der Waals surface area contributed by atoms with Gasteiger partial charge in [0.2, 0.25) is 17.7 Å². The van der Waals surface area contributed by atoms with Crippen LogP contribution in [0.5, 0.6) is 0 Å². The smallest absolute Gasteiger partial charge is 0.243 e. The third-order valence-electron chi connectivity index (χ3n) is 7.44. The first-order chi connectivity index (χ1) is 19.8. The first-order valence-electron chi connectivity index (χ1n) is 14.9. The minimum atomic E-state index is -0.905. The number of amides is 3. The number of rotatable bonds is 18. The summed E-state index contributed by atoms with van der Waals surface area (Å²) < 4.78 is 5.40. The molecule has 3 amide bonds. The Hall–Kier alpha value is -3.52. The van der Waals surface area contributed by atoms with Crippen LogP contribution in [0.25, 0.3) is 0 Å². The fourth-order valence-corrected chi connectivity index (χ4v) is 4.76. The standard InChI is InChI=1S/C33H45N3O5/c1-4-6-10-20-29(37)34-28(22-25-17-13-9-14-18-25)32(40)35-26(19-7-5-2)31(39)36-27(30(38)33(3)23-41-33)21-24-15-11-8-12-16-24/h8-9,11-18,26-28H,4-7,10,19-23H2,1-3H3,(H,34,37)(H,35,40)(H,36,39). The molecule has 0 aromatic heterocycles. The second kappa shape index (κ2) is 16.1. The Labute approximate surface area is 244 Å². The molecule has 41 heavy (non-hydrogen) atoms. The maximum absolute atomic E-state index is 13.6. The average Bonchev–Trinajstić information content (AvgIpc) is 3.73. The predicted molar refractivity (Wildman–Crippen MR) is 159 cm³/mol. The van der Waals surface area contributed by atoms with Crippen molar-refractivity contribution in [2.45, 2.75) is 102 Å². The molecule has 1 saturated heterocycles. The summed E-state index contributed by atoms with van der Waals surface area (Å²) in [4.78, 5) is 53.2. The summed E-state index contributed by atoms with van der Waals surface area (Å²) >= 11 is 0. The molecule has 1 heterocycles. The van der Waals surface area contributed by atoms with Gasteiger partial charge in [-0.1, -0.05) is 100 Å². The molecular formula is C33H45N3O5. The highest BCUT2D eigenvalue weighted by Gasteiger charge is 2.50. The summed E-state index contributed by atoms with van der Waals surface area (Å²) in [5, 5.41) is 8.71. The summed E-state index contributed by atoms with van der Waals surface area (Å²) in [5.74, 6) is -1.21. The van der Waals surface area contributed by atoms with Gasteiger partial charge in [0.25, 0.3) is 0 Å². The van der Waals surface area contributed by atoms with Gasteiger partial charge in [0.05, 0.1) is 12.6 Å². The first-order valence-corrected chi connectivity index (χ1v) is 14.9. The van der Waals surface area contributed by atoms with Crippen LogP contribution < -0.4 is 16.0 Å². The normalized spacial score (nSPS) is 18.0. The molecule has 0 aliphatic carbocycles. The van der Waals surface area contributed by atoms with Crippen molar-refractivity contribution in [1.29, 1.82) is 0 Å². The molecule has 1 aliphatic heterocycles. The van der Waals surface area contributed by atoms with Crippen molar-refractivity contribution in [2.75, 3.05) is 6.61 Å². The zero-order valence-corrected chi connectivity index (χ0v) is 24.6. The zero-order valence-electron chi connectivity index (χ0n) is 24.6. The number of ketones is 1. The number of benzene rings is 2. The van der Waals surface area contributed by atoms with Crippen molar-refractivity contribution >= 4 is 23.5 Å². The van der Waals surface area contributed by atoms with Gasteiger partial charge in [-0.15, -0.1) is 0 Å². The summed E-state index contributed by atoms with van der Waals surface area (Å²) in [5.41, 5.74) is 0.915. The summed E-state index contributed by atoms with van der Waals surface area (Å²) in [6.45, 7) is 6.13. The fourth-order valence-electron chi connectivity index (χ4n) is 4.76. The largest absolute Gasteiger partial charge is 0.361 e. The lowest BCUT2D eigenvalue weighted by molar-refractivity contribution is -0.134. The Bertz CT molecular complexity index is 1130. The van der Waals surface area contributed by atoms with E-state index in [4.69, 9.17) is 4.74 Å². The number of epoxide rings is 1. The molecule has 0 radical (unpaired) electrons. The van der Waals surface area contributed by atoms with Crippen LogP contribution in [0.3, 0.4) is 0 Å². The van der Waals surface area contributed by atoms with E-state index in [1.165, 1.54) is 0 Å². The van der Waals surface area contributed by atoms with E-state index in [0.717, 1.165) is 36.8 Å². The van der Waals surface area contributed by atoms with E-state index >= 15 is 0 Å². The molecule has 1 fully saturated rings. The number of carbonyl (C=O) groups excluding carboxylic acids is 4. The highest BCUT2D eigenvalue weighted by atomic mass is 16.6. The summed E-state index contributed by atoms with van der Waals surface area (Å²) in [7, 11) is 0. The van der Waals surface area contributed by atoms with E-state index in [1.807, 2.05) is 67.6 Å². The van der Waals surface area contributed by atoms with E-state index in [0.29, 0.717) is 38.7 Å². The topological polar surface area (TPSA) is 117 Å². The van der Waals surface area contributed by atoms with Crippen LogP contribution in [0.1, 0.15) is 76.8 Å². The van der Waals surface area contributed by atoms with Gasteiger partial charge in [-0.25, -0.2) is 0 Å². The molecule has 0 spiro atoms. The lowest BCUT2D eigenvalue weighted by Gasteiger charge is -2.26. The summed E-state index contributed by atoms with van der Waals surface area (Å²) in [6.07, 6.45) is 5.62. The Morgan fingerprint density at radius 1 is 0.732 bits per heavy atom. The number of nitrogens with one attached hydrogen (secondary N) is 3. The van der Waals surface area contributed by atoms with Crippen molar-refractivity contribution in [3.63, 3.8) is 0 Å². The monoisotopic (exact) mass is 563 g/mol. The van der Waals surface area contributed by atoms with Gasteiger partial charge in [-0.05, 0) is 37.3 Å². The Balaban J connectivity index is 1.75. The molecule has 4 atom stereocenters.